The summed E-state index contributed by atoms with van der Waals surface area (Å²) in [7, 11) is -3.55. The second-order valence-corrected chi connectivity index (χ2v) is 9.32. The van der Waals surface area contributed by atoms with Crippen molar-refractivity contribution in [3.05, 3.63) is 65.7 Å². The molecule has 0 spiro atoms. The molecule has 1 atom stereocenters. The summed E-state index contributed by atoms with van der Waals surface area (Å²) in [6, 6.07) is 16.7. The summed E-state index contributed by atoms with van der Waals surface area (Å²) in [5.74, 6) is 0.715. The molecule has 0 aromatic heterocycles. The first-order valence-corrected chi connectivity index (χ1v) is 11.8. The first-order chi connectivity index (χ1) is 13.7. The van der Waals surface area contributed by atoms with Gasteiger partial charge in [-0.1, -0.05) is 63.2 Å². The molecule has 0 fully saturated rings. The minimum atomic E-state index is -3.55. The van der Waals surface area contributed by atoms with E-state index in [-0.39, 0.29) is 17.6 Å². The van der Waals surface area contributed by atoms with Crippen LogP contribution in [0.3, 0.4) is 0 Å². The van der Waals surface area contributed by atoms with Crippen molar-refractivity contribution in [2.45, 2.75) is 46.1 Å². The summed E-state index contributed by atoms with van der Waals surface area (Å²) in [5, 5.41) is 0. The van der Waals surface area contributed by atoms with Gasteiger partial charge in [0.15, 0.2) is 0 Å². The molecule has 29 heavy (non-hydrogen) atoms. The molecule has 1 amide bonds. The summed E-state index contributed by atoms with van der Waals surface area (Å²) in [5.41, 5.74) is 1.97. The van der Waals surface area contributed by atoms with Crippen LogP contribution in [0.4, 0.5) is 0 Å². The molecular weight excluding hydrogens is 386 g/mol. The molecule has 2 aromatic rings. The van der Waals surface area contributed by atoms with Gasteiger partial charge >= 0.3 is 10.1 Å². The molecule has 0 aliphatic heterocycles. The van der Waals surface area contributed by atoms with Gasteiger partial charge in [-0.25, -0.2) is 0 Å². The first-order valence-electron chi connectivity index (χ1n) is 10.0. The summed E-state index contributed by atoms with van der Waals surface area (Å²) in [4.78, 5) is 15.3. The minimum absolute atomic E-state index is 0.121. The van der Waals surface area contributed by atoms with Gasteiger partial charge in [0, 0.05) is 13.1 Å². The Balaban J connectivity index is 2.19. The molecule has 0 saturated carbocycles. The fourth-order valence-corrected chi connectivity index (χ4v) is 3.65. The van der Waals surface area contributed by atoms with Crippen LogP contribution in [0.15, 0.2) is 54.6 Å². The van der Waals surface area contributed by atoms with Gasteiger partial charge < -0.3 is 9.08 Å². The fraction of sp³-hybridized carbons (Fsp3) is 0.435. The van der Waals surface area contributed by atoms with E-state index in [1.807, 2.05) is 42.2 Å². The number of hydrogen-bond acceptors (Lipinski definition) is 4. The van der Waals surface area contributed by atoms with Crippen LogP contribution in [0.5, 0.6) is 5.75 Å². The van der Waals surface area contributed by atoms with Gasteiger partial charge in [0.1, 0.15) is 5.75 Å². The Hall–Kier alpha value is -2.34. The SMILES string of the molecule is CC[C@H](C(=O)N(CCC(C)C)Cc1ccc(OS(C)(=O)=O)cc1)c1ccccc1. The zero-order valence-corrected chi connectivity index (χ0v) is 18.5. The molecule has 0 heterocycles. The van der Waals surface area contributed by atoms with E-state index in [1.54, 1.807) is 24.3 Å². The monoisotopic (exact) mass is 417 g/mol. The van der Waals surface area contributed by atoms with Gasteiger partial charge in [-0.05, 0) is 42.0 Å². The standard InChI is InChI=1S/C23H31NO4S/c1-5-22(20-9-7-6-8-10-20)23(25)24(16-15-18(2)3)17-19-11-13-21(14-12-19)28-29(4,26)27/h6-14,18,22H,5,15-17H2,1-4H3/t22-/m0/s1. The molecule has 2 aromatic carbocycles. The molecule has 0 N–H and O–H groups in total. The van der Waals surface area contributed by atoms with Crippen LogP contribution >= 0.6 is 0 Å². The Labute approximate surface area is 174 Å². The second-order valence-electron chi connectivity index (χ2n) is 7.75. The Kier molecular flexibility index (Phi) is 8.26. The highest BCUT2D eigenvalue weighted by Gasteiger charge is 2.24. The molecule has 0 bridgehead atoms. The lowest BCUT2D eigenvalue weighted by Gasteiger charge is -2.28. The van der Waals surface area contributed by atoms with E-state index in [0.717, 1.165) is 30.2 Å². The van der Waals surface area contributed by atoms with Crippen molar-refractivity contribution in [2.75, 3.05) is 12.8 Å². The molecule has 0 aliphatic carbocycles. The third-order valence-electron chi connectivity index (χ3n) is 4.74. The second kappa shape index (κ2) is 10.4. The third kappa shape index (κ3) is 7.54. The Morgan fingerprint density at radius 1 is 1.03 bits per heavy atom. The number of carbonyl (C=O) groups excluding carboxylic acids is 1. The van der Waals surface area contributed by atoms with Gasteiger partial charge in [-0.2, -0.15) is 8.42 Å². The number of rotatable bonds is 10. The zero-order chi connectivity index (χ0) is 21.4. The Bertz CT molecular complexity index is 877. The van der Waals surface area contributed by atoms with Crippen LogP contribution < -0.4 is 4.18 Å². The van der Waals surface area contributed by atoms with Crippen molar-refractivity contribution in [1.29, 1.82) is 0 Å². The quantitative estimate of drug-likeness (QED) is 0.530. The fourth-order valence-electron chi connectivity index (χ4n) is 3.19. The number of amides is 1. The van der Waals surface area contributed by atoms with E-state index in [9.17, 15) is 13.2 Å². The molecule has 0 aliphatic rings. The highest BCUT2D eigenvalue weighted by Crippen LogP contribution is 2.24. The largest absolute Gasteiger partial charge is 0.383 e. The highest BCUT2D eigenvalue weighted by molar-refractivity contribution is 7.86. The van der Waals surface area contributed by atoms with Crippen LogP contribution in [0.2, 0.25) is 0 Å². The van der Waals surface area contributed by atoms with Crippen molar-refractivity contribution >= 4 is 16.0 Å². The molecular formula is C23H31NO4S. The van der Waals surface area contributed by atoms with Crippen molar-refractivity contribution in [2.24, 2.45) is 5.92 Å². The predicted octanol–water partition coefficient (Wildman–Crippen LogP) is 4.59. The number of hydrogen-bond donors (Lipinski definition) is 0. The lowest BCUT2D eigenvalue weighted by molar-refractivity contribution is -0.133. The minimum Gasteiger partial charge on any atom is -0.383 e. The van der Waals surface area contributed by atoms with Crippen molar-refractivity contribution in [3.63, 3.8) is 0 Å². The van der Waals surface area contributed by atoms with E-state index in [0.29, 0.717) is 19.0 Å². The Morgan fingerprint density at radius 2 is 1.66 bits per heavy atom. The predicted molar refractivity (Wildman–Crippen MR) is 116 cm³/mol. The zero-order valence-electron chi connectivity index (χ0n) is 17.7. The summed E-state index contributed by atoms with van der Waals surface area (Å²) >= 11 is 0. The lowest BCUT2D eigenvalue weighted by Crippen LogP contribution is -2.36. The van der Waals surface area contributed by atoms with Gasteiger partial charge in [-0.3, -0.25) is 4.79 Å². The van der Waals surface area contributed by atoms with Gasteiger partial charge in [-0.15, -0.1) is 0 Å². The molecule has 0 unspecified atom stereocenters. The van der Waals surface area contributed by atoms with Crippen LogP contribution in [0.25, 0.3) is 0 Å². The van der Waals surface area contributed by atoms with Crippen LogP contribution in [0.1, 0.15) is 50.7 Å². The van der Waals surface area contributed by atoms with Crippen LogP contribution in [0, 0.1) is 5.92 Å². The summed E-state index contributed by atoms with van der Waals surface area (Å²) in [6.45, 7) is 7.49. The average Bonchev–Trinajstić information content (AvgIpc) is 2.66. The number of carbonyl (C=O) groups is 1. The van der Waals surface area contributed by atoms with E-state index in [2.05, 4.69) is 13.8 Å². The van der Waals surface area contributed by atoms with E-state index in [1.165, 1.54) is 0 Å². The van der Waals surface area contributed by atoms with E-state index >= 15 is 0 Å². The number of nitrogens with zero attached hydrogens (tertiary/aromatic N) is 1. The highest BCUT2D eigenvalue weighted by atomic mass is 32.2. The molecule has 6 heteroatoms. The van der Waals surface area contributed by atoms with E-state index in [4.69, 9.17) is 4.18 Å². The first kappa shape index (κ1) is 22.9. The summed E-state index contributed by atoms with van der Waals surface area (Å²) < 4.78 is 27.4. The Morgan fingerprint density at radius 3 is 2.17 bits per heavy atom. The lowest BCUT2D eigenvalue weighted by atomic mass is 9.94. The van der Waals surface area contributed by atoms with Crippen LogP contribution in [-0.4, -0.2) is 32.0 Å². The maximum atomic E-state index is 13.4. The maximum absolute atomic E-state index is 13.4. The molecule has 0 saturated heterocycles. The van der Waals surface area contributed by atoms with Crippen molar-refractivity contribution in [3.8, 4) is 5.75 Å². The van der Waals surface area contributed by atoms with Crippen molar-refractivity contribution < 1.29 is 17.4 Å². The summed E-state index contributed by atoms with van der Waals surface area (Å²) in [6.07, 6.45) is 2.68. The third-order valence-corrected chi connectivity index (χ3v) is 5.24. The topological polar surface area (TPSA) is 63.7 Å². The van der Waals surface area contributed by atoms with E-state index < -0.39 is 10.1 Å². The maximum Gasteiger partial charge on any atom is 0.306 e. The average molecular weight is 418 g/mol. The molecule has 0 radical (unpaired) electrons. The molecule has 2 rings (SSSR count). The normalized spacial score (nSPS) is 12.6. The van der Waals surface area contributed by atoms with Crippen LogP contribution in [-0.2, 0) is 21.5 Å². The molecule has 158 valence electrons. The van der Waals surface area contributed by atoms with Gasteiger partial charge in [0.25, 0.3) is 0 Å². The van der Waals surface area contributed by atoms with Gasteiger partial charge in [0.05, 0.1) is 12.2 Å². The van der Waals surface area contributed by atoms with Gasteiger partial charge in [0.2, 0.25) is 5.91 Å². The number of benzene rings is 2. The molecule has 5 nitrogen and oxygen atoms in total. The van der Waals surface area contributed by atoms with Crippen molar-refractivity contribution in [1.82, 2.24) is 4.90 Å². The smallest absolute Gasteiger partial charge is 0.306 e.